The summed E-state index contributed by atoms with van der Waals surface area (Å²) in [6.07, 6.45) is 1.41. The molecule has 140 valence electrons. The number of hydrogen-bond donors (Lipinski definition) is 1. The third-order valence-electron chi connectivity index (χ3n) is 3.83. The SMILES string of the molecule is CCOc1ccc(NC(=O)/C(C#N)=C/c2ccc(-c3ccc(Cl)cc3)o2)cc1. The standard InChI is InChI=1S/C22H17ClN2O3/c1-2-27-19-9-7-18(8-10-19)25-22(26)16(14-24)13-20-11-12-21(28-20)15-3-5-17(23)6-4-15/h3-13H,2H2,1H3,(H,25,26)/b16-13+. The number of carbonyl (C=O) groups excluding carboxylic acids is 1. The molecule has 3 aromatic rings. The van der Waals surface area contributed by atoms with Gasteiger partial charge in [0.1, 0.15) is 28.9 Å². The lowest BCUT2D eigenvalue weighted by molar-refractivity contribution is -0.112. The highest BCUT2D eigenvalue weighted by molar-refractivity contribution is 6.30. The van der Waals surface area contributed by atoms with Crippen LogP contribution in [0.4, 0.5) is 5.69 Å². The Bertz CT molecular complexity index is 1030. The lowest BCUT2D eigenvalue weighted by atomic mass is 10.2. The Hall–Kier alpha value is -3.49. The highest BCUT2D eigenvalue weighted by Gasteiger charge is 2.12. The van der Waals surface area contributed by atoms with Crippen molar-refractivity contribution in [2.75, 3.05) is 11.9 Å². The van der Waals surface area contributed by atoms with Crippen molar-refractivity contribution in [3.05, 3.63) is 77.0 Å². The second-order valence-corrected chi connectivity index (χ2v) is 6.23. The molecule has 6 heteroatoms. The number of furan rings is 1. The van der Waals surface area contributed by atoms with Gasteiger partial charge in [0.25, 0.3) is 5.91 Å². The Morgan fingerprint density at radius 2 is 1.86 bits per heavy atom. The molecule has 3 rings (SSSR count). The number of carbonyl (C=O) groups is 1. The number of nitrogens with zero attached hydrogens (tertiary/aromatic N) is 1. The second kappa shape index (κ2) is 8.94. The van der Waals surface area contributed by atoms with Crippen LogP contribution in [0.1, 0.15) is 12.7 Å². The lowest BCUT2D eigenvalue weighted by Crippen LogP contribution is -2.13. The van der Waals surface area contributed by atoms with Crippen molar-refractivity contribution >= 4 is 29.3 Å². The molecule has 0 aliphatic carbocycles. The predicted molar refractivity (Wildman–Crippen MR) is 109 cm³/mol. The van der Waals surface area contributed by atoms with Crippen LogP contribution in [0.25, 0.3) is 17.4 Å². The monoisotopic (exact) mass is 392 g/mol. The molecule has 0 radical (unpaired) electrons. The van der Waals surface area contributed by atoms with E-state index in [1.807, 2.05) is 25.1 Å². The maximum atomic E-state index is 12.4. The van der Waals surface area contributed by atoms with Gasteiger partial charge in [0.15, 0.2) is 0 Å². The smallest absolute Gasteiger partial charge is 0.266 e. The van der Waals surface area contributed by atoms with E-state index >= 15 is 0 Å². The van der Waals surface area contributed by atoms with E-state index < -0.39 is 5.91 Å². The zero-order chi connectivity index (χ0) is 19.9. The van der Waals surface area contributed by atoms with Crippen LogP contribution in [-0.2, 0) is 4.79 Å². The number of hydrogen-bond acceptors (Lipinski definition) is 4. The molecule has 0 aliphatic heterocycles. The number of nitrogens with one attached hydrogen (secondary N) is 1. The molecule has 2 aromatic carbocycles. The van der Waals surface area contributed by atoms with Crippen LogP contribution in [0.15, 0.2) is 70.7 Å². The minimum atomic E-state index is -0.517. The summed E-state index contributed by atoms with van der Waals surface area (Å²) >= 11 is 5.89. The fourth-order valence-corrected chi connectivity index (χ4v) is 2.62. The topological polar surface area (TPSA) is 75.3 Å². The van der Waals surface area contributed by atoms with Gasteiger partial charge in [-0.1, -0.05) is 11.6 Å². The molecular weight excluding hydrogens is 376 g/mol. The normalized spacial score (nSPS) is 11.0. The summed E-state index contributed by atoms with van der Waals surface area (Å²) in [5.41, 5.74) is 1.35. The number of anilines is 1. The number of amides is 1. The summed E-state index contributed by atoms with van der Waals surface area (Å²) in [6, 6.07) is 19.5. The van der Waals surface area contributed by atoms with Gasteiger partial charge >= 0.3 is 0 Å². The van der Waals surface area contributed by atoms with E-state index in [1.165, 1.54) is 6.08 Å². The van der Waals surface area contributed by atoms with E-state index in [9.17, 15) is 10.1 Å². The fourth-order valence-electron chi connectivity index (χ4n) is 2.49. The summed E-state index contributed by atoms with van der Waals surface area (Å²) in [4.78, 5) is 12.4. The highest BCUT2D eigenvalue weighted by Crippen LogP contribution is 2.25. The van der Waals surface area contributed by atoms with E-state index in [0.29, 0.717) is 34.6 Å². The third kappa shape index (κ3) is 4.81. The van der Waals surface area contributed by atoms with Crippen molar-refractivity contribution < 1.29 is 13.9 Å². The minimum Gasteiger partial charge on any atom is -0.494 e. The molecule has 0 spiro atoms. The van der Waals surface area contributed by atoms with Crippen LogP contribution in [0.5, 0.6) is 5.75 Å². The van der Waals surface area contributed by atoms with Crippen LogP contribution in [0, 0.1) is 11.3 Å². The quantitative estimate of drug-likeness (QED) is 0.441. The van der Waals surface area contributed by atoms with Crippen molar-refractivity contribution in [1.29, 1.82) is 5.26 Å². The van der Waals surface area contributed by atoms with Gasteiger partial charge in [-0.25, -0.2) is 0 Å². The highest BCUT2D eigenvalue weighted by atomic mass is 35.5. The summed E-state index contributed by atoms with van der Waals surface area (Å²) < 4.78 is 11.1. The number of rotatable bonds is 6. The van der Waals surface area contributed by atoms with Gasteiger partial charge in [0.2, 0.25) is 0 Å². The first-order valence-electron chi connectivity index (χ1n) is 8.61. The van der Waals surface area contributed by atoms with E-state index in [2.05, 4.69) is 5.32 Å². The van der Waals surface area contributed by atoms with Crippen molar-refractivity contribution in [2.24, 2.45) is 0 Å². The van der Waals surface area contributed by atoms with Gasteiger partial charge in [-0.05, 0) is 67.6 Å². The van der Waals surface area contributed by atoms with E-state index in [4.69, 9.17) is 20.8 Å². The Kier molecular flexibility index (Phi) is 6.15. The first-order chi connectivity index (χ1) is 13.6. The largest absolute Gasteiger partial charge is 0.494 e. The average molecular weight is 393 g/mol. The minimum absolute atomic E-state index is 0.0640. The van der Waals surface area contributed by atoms with Crippen LogP contribution in [-0.4, -0.2) is 12.5 Å². The summed E-state index contributed by atoms with van der Waals surface area (Å²) in [5, 5.41) is 12.7. The Labute approximate surface area is 167 Å². The van der Waals surface area contributed by atoms with Crippen molar-refractivity contribution in [3.8, 4) is 23.1 Å². The zero-order valence-electron chi connectivity index (χ0n) is 15.1. The van der Waals surface area contributed by atoms with E-state index in [0.717, 1.165) is 5.56 Å². The number of halogens is 1. The van der Waals surface area contributed by atoms with Crippen LogP contribution in [0.2, 0.25) is 5.02 Å². The molecule has 28 heavy (non-hydrogen) atoms. The van der Waals surface area contributed by atoms with Crippen LogP contribution in [0.3, 0.4) is 0 Å². The second-order valence-electron chi connectivity index (χ2n) is 5.79. The molecular formula is C22H17ClN2O3. The zero-order valence-corrected chi connectivity index (χ0v) is 15.9. The molecule has 0 saturated carbocycles. The third-order valence-corrected chi connectivity index (χ3v) is 4.08. The van der Waals surface area contributed by atoms with Gasteiger partial charge in [-0.3, -0.25) is 4.79 Å². The van der Waals surface area contributed by atoms with Crippen LogP contribution >= 0.6 is 11.6 Å². The molecule has 0 unspecified atom stereocenters. The first kappa shape index (κ1) is 19.3. The van der Waals surface area contributed by atoms with Gasteiger partial charge in [0, 0.05) is 22.3 Å². The maximum absolute atomic E-state index is 12.4. The van der Waals surface area contributed by atoms with E-state index in [-0.39, 0.29) is 5.57 Å². The summed E-state index contributed by atoms with van der Waals surface area (Å²) in [5.74, 6) is 1.22. The summed E-state index contributed by atoms with van der Waals surface area (Å²) in [7, 11) is 0. The molecule has 1 N–H and O–H groups in total. The molecule has 5 nitrogen and oxygen atoms in total. The number of benzene rings is 2. The molecule has 0 aliphatic rings. The Balaban J connectivity index is 1.73. The van der Waals surface area contributed by atoms with E-state index in [1.54, 1.807) is 48.5 Å². The average Bonchev–Trinajstić information content (AvgIpc) is 3.17. The molecule has 1 amide bonds. The summed E-state index contributed by atoms with van der Waals surface area (Å²) in [6.45, 7) is 2.46. The fraction of sp³-hybridized carbons (Fsp3) is 0.0909. The number of ether oxygens (including phenoxy) is 1. The maximum Gasteiger partial charge on any atom is 0.266 e. The molecule has 0 fully saturated rings. The molecule has 0 bridgehead atoms. The van der Waals surface area contributed by atoms with Crippen molar-refractivity contribution in [2.45, 2.75) is 6.92 Å². The molecule has 1 aromatic heterocycles. The van der Waals surface area contributed by atoms with Crippen molar-refractivity contribution in [1.82, 2.24) is 0 Å². The molecule has 0 atom stereocenters. The number of nitriles is 1. The molecule has 1 heterocycles. The molecule has 0 saturated heterocycles. The Morgan fingerprint density at radius 3 is 2.50 bits per heavy atom. The Morgan fingerprint density at radius 1 is 1.14 bits per heavy atom. The first-order valence-corrected chi connectivity index (χ1v) is 8.98. The van der Waals surface area contributed by atoms with Gasteiger partial charge < -0.3 is 14.5 Å². The van der Waals surface area contributed by atoms with Gasteiger partial charge in [-0.2, -0.15) is 5.26 Å². The van der Waals surface area contributed by atoms with Gasteiger partial charge in [-0.15, -0.1) is 0 Å². The van der Waals surface area contributed by atoms with Crippen molar-refractivity contribution in [3.63, 3.8) is 0 Å². The lowest BCUT2D eigenvalue weighted by Gasteiger charge is -2.06. The predicted octanol–water partition coefficient (Wildman–Crippen LogP) is 5.54. The van der Waals surface area contributed by atoms with Crippen LogP contribution < -0.4 is 10.1 Å². The van der Waals surface area contributed by atoms with Gasteiger partial charge in [0.05, 0.1) is 6.61 Å².